The number of ether oxygens (including phenoxy) is 2. The minimum atomic E-state index is -2.24. The van der Waals surface area contributed by atoms with Gasteiger partial charge in [-0.15, -0.1) is 0 Å². The Morgan fingerprint density at radius 1 is 1.48 bits per heavy atom. The summed E-state index contributed by atoms with van der Waals surface area (Å²) in [4.78, 5) is 37.3. The average molecular weight is 380 g/mol. The third-order valence-corrected chi connectivity index (χ3v) is 5.82. The number of allylic oxidation sites excluding steroid dienone is 1. The van der Waals surface area contributed by atoms with Crippen molar-refractivity contribution in [2.75, 3.05) is 0 Å². The van der Waals surface area contributed by atoms with E-state index in [0.29, 0.717) is 6.42 Å². The Bertz CT molecular complexity index is 667. The summed E-state index contributed by atoms with van der Waals surface area (Å²) in [5.74, 6) is -4.08. The molecule has 0 amide bonds. The number of fused-ring (bicyclic) bond motifs is 1. The molecule has 150 valence electrons. The normalized spacial score (nSPS) is 37.5. The summed E-state index contributed by atoms with van der Waals surface area (Å²) >= 11 is 0. The van der Waals surface area contributed by atoms with Crippen LogP contribution in [0.3, 0.4) is 0 Å². The van der Waals surface area contributed by atoms with Crippen molar-refractivity contribution in [2.45, 2.75) is 64.4 Å². The van der Waals surface area contributed by atoms with E-state index in [9.17, 15) is 24.6 Å². The van der Waals surface area contributed by atoms with Crippen molar-refractivity contribution in [3.05, 3.63) is 24.3 Å². The Balaban J connectivity index is 2.58. The second kappa shape index (κ2) is 7.94. The Kier molecular flexibility index (Phi) is 6.27. The molecule has 2 N–H and O–H groups in total. The number of esters is 2. The second-order valence-electron chi connectivity index (χ2n) is 7.45. The number of aliphatic hydroxyl groups is 2. The summed E-state index contributed by atoms with van der Waals surface area (Å²) in [5.41, 5.74) is -2.10. The van der Waals surface area contributed by atoms with E-state index in [1.165, 1.54) is 19.1 Å². The van der Waals surface area contributed by atoms with E-state index in [-0.39, 0.29) is 12.0 Å². The smallest absolute Gasteiger partial charge is 0.334 e. The monoisotopic (exact) mass is 380 g/mol. The molecule has 1 saturated heterocycles. The molecule has 1 saturated carbocycles. The molecule has 0 aromatic carbocycles. The molecule has 7 heteroatoms. The highest BCUT2D eigenvalue weighted by atomic mass is 16.6. The van der Waals surface area contributed by atoms with Gasteiger partial charge in [0.2, 0.25) is 0 Å². The van der Waals surface area contributed by atoms with Gasteiger partial charge in [-0.3, -0.25) is 9.59 Å². The van der Waals surface area contributed by atoms with Gasteiger partial charge in [-0.25, -0.2) is 4.79 Å². The SMILES string of the molecule is C=C1C(=O)O[C@@H]2[C@@H]1C[C@@H](O)[C@H](C)[C@@](O)(C(=O)/C=C/C)[C@H]2OC(=O)C(C)CC. The summed E-state index contributed by atoms with van der Waals surface area (Å²) in [5, 5.41) is 22.0. The first kappa shape index (κ1) is 21.3. The lowest BCUT2D eigenvalue weighted by Crippen LogP contribution is -2.61. The van der Waals surface area contributed by atoms with Crippen molar-refractivity contribution in [2.24, 2.45) is 17.8 Å². The quantitative estimate of drug-likeness (QED) is 0.547. The third kappa shape index (κ3) is 3.58. The Hall–Kier alpha value is -1.99. The largest absolute Gasteiger partial charge is 0.455 e. The minimum absolute atomic E-state index is 0.0687. The maximum Gasteiger partial charge on any atom is 0.334 e. The number of carbonyl (C=O) groups excluding carboxylic acids is 3. The highest BCUT2D eigenvalue weighted by molar-refractivity contribution is 5.98. The van der Waals surface area contributed by atoms with Crippen LogP contribution in [0.25, 0.3) is 0 Å². The van der Waals surface area contributed by atoms with Crippen molar-refractivity contribution in [1.29, 1.82) is 0 Å². The van der Waals surface area contributed by atoms with Crippen LogP contribution in [-0.2, 0) is 23.9 Å². The van der Waals surface area contributed by atoms with E-state index >= 15 is 0 Å². The van der Waals surface area contributed by atoms with Gasteiger partial charge >= 0.3 is 11.9 Å². The zero-order chi connectivity index (χ0) is 20.5. The van der Waals surface area contributed by atoms with Crippen LogP contribution in [0.4, 0.5) is 0 Å². The van der Waals surface area contributed by atoms with Gasteiger partial charge in [0.15, 0.2) is 17.5 Å². The van der Waals surface area contributed by atoms with Crippen LogP contribution in [0.15, 0.2) is 24.3 Å². The predicted octanol–water partition coefficient (Wildman–Crippen LogP) is 1.32. The van der Waals surface area contributed by atoms with Gasteiger partial charge in [0.25, 0.3) is 0 Å². The number of hydrogen-bond donors (Lipinski definition) is 2. The topological polar surface area (TPSA) is 110 Å². The van der Waals surface area contributed by atoms with E-state index in [2.05, 4.69) is 6.58 Å². The first-order valence-corrected chi connectivity index (χ1v) is 9.27. The standard InChI is InChI=1S/C20H28O7/c1-6-8-15(22)20(25)12(5)14(21)9-13-11(4)19(24)26-16(13)17(20)27-18(23)10(3)7-2/h6,8,10,12-14,16-17,21,25H,4,7,9H2,1-3,5H3/b8-6+/t10?,12-,13+,14+,16+,17-,20+/m0/s1. The summed E-state index contributed by atoms with van der Waals surface area (Å²) in [6.07, 6.45) is -0.450. The van der Waals surface area contributed by atoms with Gasteiger partial charge in [0, 0.05) is 17.4 Å². The molecule has 27 heavy (non-hydrogen) atoms. The van der Waals surface area contributed by atoms with E-state index in [1.807, 2.05) is 6.92 Å². The fourth-order valence-electron chi connectivity index (χ4n) is 3.66. The molecule has 0 radical (unpaired) electrons. The summed E-state index contributed by atoms with van der Waals surface area (Å²) < 4.78 is 10.9. The number of aliphatic hydroxyl groups excluding tert-OH is 1. The summed E-state index contributed by atoms with van der Waals surface area (Å²) in [6.45, 7) is 10.3. The second-order valence-corrected chi connectivity index (χ2v) is 7.45. The molecule has 7 nitrogen and oxygen atoms in total. The number of hydrogen-bond acceptors (Lipinski definition) is 7. The van der Waals surface area contributed by atoms with Crippen molar-refractivity contribution in [3.63, 3.8) is 0 Å². The predicted molar refractivity (Wildman–Crippen MR) is 96.4 cm³/mol. The molecule has 1 heterocycles. The average Bonchev–Trinajstić information content (AvgIpc) is 2.87. The van der Waals surface area contributed by atoms with E-state index in [0.717, 1.165) is 0 Å². The zero-order valence-electron chi connectivity index (χ0n) is 16.2. The Morgan fingerprint density at radius 3 is 2.67 bits per heavy atom. The minimum Gasteiger partial charge on any atom is -0.455 e. The lowest BCUT2D eigenvalue weighted by molar-refractivity contribution is -0.200. The lowest BCUT2D eigenvalue weighted by Gasteiger charge is -2.39. The first-order chi connectivity index (χ1) is 12.6. The summed E-state index contributed by atoms with van der Waals surface area (Å²) in [7, 11) is 0. The van der Waals surface area contributed by atoms with Crippen LogP contribution in [0, 0.1) is 17.8 Å². The number of rotatable bonds is 5. The highest BCUT2D eigenvalue weighted by Gasteiger charge is 2.62. The molecule has 2 fully saturated rings. The van der Waals surface area contributed by atoms with Gasteiger partial charge in [0.1, 0.15) is 6.10 Å². The van der Waals surface area contributed by atoms with Crippen molar-refractivity contribution >= 4 is 17.7 Å². The lowest BCUT2D eigenvalue weighted by atomic mass is 9.77. The van der Waals surface area contributed by atoms with Crippen LogP contribution in [0.5, 0.6) is 0 Å². The van der Waals surface area contributed by atoms with Crippen molar-refractivity contribution < 1.29 is 34.1 Å². The molecule has 7 atom stereocenters. The maximum atomic E-state index is 12.8. The molecule has 0 aromatic rings. The Morgan fingerprint density at radius 2 is 2.11 bits per heavy atom. The summed E-state index contributed by atoms with van der Waals surface area (Å²) in [6, 6.07) is 0. The number of carbonyl (C=O) groups is 3. The molecule has 0 spiro atoms. The third-order valence-electron chi connectivity index (χ3n) is 5.82. The van der Waals surface area contributed by atoms with Gasteiger partial charge in [-0.05, 0) is 25.8 Å². The van der Waals surface area contributed by atoms with Crippen LogP contribution in [0.1, 0.15) is 40.5 Å². The molecule has 0 bridgehead atoms. The fraction of sp³-hybridized carbons (Fsp3) is 0.650. The van der Waals surface area contributed by atoms with Crippen molar-refractivity contribution in [3.8, 4) is 0 Å². The molecular weight excluding hydrogens is 352 g/mol. The van der Waals surface area contributed by atoms with E-state index < -0.39 is 59.4 Å². The first-order valence-electron chi connectivity index (χ1n) is 9.27. The molecule has 2 aliphatic rings. The Labute approximate surface area is 159 Å². The molecule has 1 aliphatic heterocycles. The van der Waals surface area contributed by atoms with E-state index in [4.69, 9.17) is 9.47 Å². The molecule has 1 unspecified atom stereocenters. The molecule has 2 rings (SSSR count). The van der Waals surface area contributed by atoms with E-state index in [1.54, 1.807) is 13.8 Å². The van der Waals surface area contributed by atoms with Gasteiger partial charge < -0.3 is 19.7 Å². The number of ketones is 1. The molecular formula is C20H28O7. The van der Waals surface area contributed by atoms with Crippen molar-refractivity contribution in [1.82, 2.24) is 0 Å². The van der Waals surface area contributed by atoms with Gasteiger partial charge in [-0.1, -0.05) is 33.4 Å². The maximum absolute atomic E-state index is 12.8. The highest BCUT2D eigenvalue weighted by Crippen LogP contribution is 2.45. The van der Waals surface area contributed by atoms with Crippen LogP contribution in [0.2, 0.25) is 0 Å². The van der Waals surface area contributed by atoms with Crippen LogP contribution < -0.4 is 0 Å². The van der Waals surface area contributed by atoms with Crippen LogP contribution in [-0.4, -0.2) is 51.8 Å². The molecule has 1 aliphatic carbocycles. The zero-order valence-corrected chi connectivity index (χ0v) is 16.2. The van der Waals surface area contributed by atoms with Crippen LogP contribution >= 0.6 is 0 Å². The van der Waals surface area contributed by atoms with Gasteiger partial charge in [-0.2, -0.15) is 0 Å². The van der Waals surface area contributed by atoms with Gasteiger partial charge in [0.05, 0.1) is 12.0 Å². The molecule has 0 aromatic heterocycles. The fourth-order valence-corrected chi connectivity index (χ4v) is 3.66.